The fourth-order valence-electron chi connectivity index (χ4n) is 29.2. The van der Waals surface area contributed by atoms with Crippen molar-refractivity contribution >= 4 is 50.2 Å². The van der Waals surface area contributed by atoms with E-state index in [1.54, 1.807) is 11.1 Å². The number of hydrogen-bond acceptors (Lipinski definition) is 4. The van der Waals surface area contributed by atoms with Gasteiger partial charge >= 0.3 is 75.7 Å². The topological polar surface area (TPSA) is 36.9 Å². The number of benzene rings is 4. The van der Waals surface area contributed by atoms with Crippen LogP contribution in [0.25, 0.3) is 0 Å². The summed E-state index contributed by atoms with van der Waals surface area (Å²) < 4.78 is 26.7. The zero-order chi connectivity index (χ0) is 83.7. The standard InChI is InChI=1S/C52H84O2Si.C48H76O2Si.4CH3.4ClH.2Zr/c1-31-27-37-39(29-41(51(9,10)11)45(53-15)43(37)33-19-23-35(24-20-33)49(3,4)5)47(31)55(17,18)48-32(2)28-38-40(48)30-42(52(12,13)14)46(54-16)44(38)34-21-25-36(26-22-34)50(6,7)8;1-27-17-28(2)20-33(19-27)41-35-23-31(5)45(37(35)25-39(43(41)49-13)47(7,8)9)51(15,16)46-32(6)24-36-38(46)26-40(48(10,11)12)44(50-14)42(36)34-21-29(3)18-30(4)22-34;;;;;;;;;;/h19-26,31-32,37-48H,27-30H2,1-18H3;17-22,31-32,35-46H,23-26H2,1-16H3;4*1H3;4*1H;;/q;;4*-1;;;;;2*+4/p-4. The Balaban J connectivity index is 0.000000376. The van der Waals surface area contributed by atoms with E-state index in [2.05, 4.69) is 291 Å². The molecule has 0 N–H and O–H groups in total. The summed E-state index contributed by atoms with van der Waals surface area (Å²) in [5.41, 5.74) is 19.1. The molecule has 0 amide bonds. The van der Waals surface area contributed by atoms with E-state index in [0.717, 1.165) is 69.5 Å². The van der Waals surface area contributed by atoms with Crippen LogP contribution in [0.2, 0.25) is 48.4 Å². The first-order valence-corrected chi connectivity index (χ1v) is 63.2. The van der Waals surface area contributed by atoms with Crippen LogP contribution < -0.4 is 0 Å². The van der Waals surface area contributed by atoms with Crippen LogP contribution in [0.3, 0.4) is 0 Å². The molecule has 0 saturated heterocycles. The Bertz CT molecular complexity index is 3410. The monoisotopic (exact) mass is 1860 g/mol. The van der Waals surface area contributed by atoms with E-state index >= 15 is 0 Å². The summed E-state index contributed by atoms with van der Waals surface area (Å²) in [5, 5.41) is 0. The van der Waals surface area contributed by atoms with Crippen LogP contribution in [0.1, 0.15) is 283 Å². The van der Waals surface area contributed by atoms with Gasteiger partial charge in [-0.05, 0) is 262 Å². The number of hydrogen-bond donors (Lipinski definition) is 0. The molecule has 8 aliphatic rings. The molecule has 0 spiro atoms. The van der Waals surface area contributed by atoms with Crippen LogP contribution in [0.15, 0.2) is 84.9 Å². The van der Waals surface area contributed by atoms with Gasteiger partial charge in [0.25, 0.3) is 0 Å². The molecule has 656 valence electrons. The van der Waals surface area contributed by atoms with Gasteiger partial charge in [-0.25, -0.2) is 0 Å². The summed E-state index contributed by atoms with van der Waals surface area (Å²) in [7, 11) is 24.2. The van der Waals surface area contributed by atoms with E-state index in [4.69, 9.17) is 53.0 Å². The number of halogens is 4. The molecule has 0 bridgehead atoms. The van der Waals surface area contributed by atoms with Crippen LogP contribution >= 0.6 is 34.1 Å². The van der Waals surface area contributed by atoms with Crippen molar-refractivity contribution in [1.29, 1.82) is 0 Å². The maximum absolute atomic E-state index is 6.69. The van der Waals surface area contributed by atoms with Gasteiger partial charge in [0.05, 0.1) is 40.6 Å². The molecule has 28 unspecified atom stereocenters. The first-order chi connectivity index (χ1) is 51.8. The van der Waals surface area contributed by atoms with Gasteiger partial charge in [0.1, 0.15) is 0 Å². The predicted octanol–water partition coefficient (Wildman–Crippen LogP) is 31.8. The van der Waals surface area contributed by atoms with E-state index in [1.165, 1.54) is 95.9 Å². The van der Waals surface area contributed by atoms with Crippen molar-refractivity contribution in [3.63, 3.8) is 0 Å². The molecule has 4 aromatic rings. The van der Waals surface area contributed by atoms with Gasteiger partial charge in [-0.1, -0.05) is 286 Å². The van der Waals surface area contributed by atoms with Crippen LogP contribution in [-0.2, 0) is 71.5 Å². The van der Waals surface area contributed by atoms with Gasteiger partial charge in [-0.15, -0.1) is 0 Å². The predicted molar refractivity (Wildman–Crippen MR) is 509 cm³/mol. The minimum absolute atomic E-state index is 0. The van der Waals surface area contributed by atoms with E-state index in [1.807, 2.05) is 28.4 Å². The molecule has 0 aromatic heterocycles. The van der Waals surface area contributed by atoms with Gasteiger partial charge in [0, 0.05) is 52.1 Å². The van der Waals surface area contributed by atoms with Gasteiger partial charge in [-0.3, -0.25) is 0 Å². The van der Waals surface area contributed by atoms with E-state index in [9.17, 15) is 0 Å². The number of aryl methyl sites for hydroxylation is 4. The minimum atomic E-state index is -1.83. The van der Waals surface area contributed by atoms with Crippen molar-refractivity contribution in [3.05, 3.63) is 170 Å². The van der Waals surface area contributed by atoms with Crippen molar-refractivity contribution in [3.8, 4) is 0 Å². The normalized spacial score (nSPS) is 35.0. The third-order valence-corrected chi connectivity index (χ3v) is 43.4. The molecule has 28 atom stereocenters. The molecular formula is C104H172Cl4O4Si2Zr2. The molecule has 116 heavy (non-hydrogen) atoms. The van der Waals surface area contributed by atoms with Crippen molar-refractivity contribution in [2.45, 2.75) is 339 Å². The van der Waals surface area contributed by atoms with Gasteiger partial charge in [0.2, 0.25) is 0 Å². The summed E-state index contributed by atoms with van der Waals surface area (Å²) >= 11 is -1.65. The molecule has 8 fully saturated rings. The van der Waals surface area contributed by atoms with Gasteiger partial charge < -0.3 is 48.7 Å². The maximum atomic E-state index is 6.69. The first kappa shape index (κ1) is 107. The second-order valence-electron chi connectivity index (χ2n) is 46.4. The Morgan fingerprint density at radius 1 is 0.293 bits per heavy atom. The van der Waals surface area contributed by atoms with Crippen molar-refractivity contribution in [2.75, 3.05) is 28.4 Å². The number of rotatable bonds is 12. The number of fused-ring (bicyclic) bond motifs is 4. The van der Waals surface area contributed by atoms with Crippen LogP contribution in [-0.4, -0.2) is 69.0 Å². The second kappa shape index (κ2) is 41.5. The molecule has 12 heteroatoms. The molecule has 4 aromatic carbocycles. The summed E-state index contributed by atoms with van der Waals surface area (Å²) in [6.45, 7) is 75.5. The molecule has 0 aliphatic heterocycles. The second-order valence-corrected chi connectivity index (χ2v) is 63.8. The third kappa shape index (κ3) is 22.2. The average molecular weight is 1870 g/mol. The zero-order valence-electron chi connectivity index (χ0n) is 81.1. The Morgan fingerprint density at radius 2 is 0.474 bits per heavy atom. The van der Waals surface area contributed by atoms with E-state index in [-0.39, 0.29) is 86.6 Å². The van der Waals surface area contributed by atoms with Crippen molar-refractivity contribution < 1.29 is 60.6 Å². The Morgan fingerprint density at radius 3 is 0.638 bits per heavy atom. The van der Waals surface area contributed by atoms with Crippen molar-refractivity contribution in [1.82, 2.24) is 0 Å². The molecule has 0 radical (unpaired) electrons. The van der Waals surface area contributed by atoms with Crippen molar-refractivity contribution in [2.24, 2.45) is 116 Å². The van der Waals surface area contributed by atoms with Gasteiger partial charge in [-0.2, -0.15) is 0 Å². The molecule has 8 aliphatic carbocycles. The average Bonchev–Trinajstić information content (AvgIpc) is 1.55. The fourth-order valence-corrected chi connectivity index (χ4v) is 42.4. The SMILES string of the molecule is COC1C(c2cc(C)cc(C)c2)C2CC(C)C([Si](C)(C)C3C(C)CC4C3CC(C(C)(C)C)C(OC)C4c3cc(C)cc(C)c3)C2CC1C(C)(C)C.COC1C(c2ccc(C(C)(C)C)cc2)C2CC(C)C([Si](C)(C)C3C(C)CC4C3CC(C(C)(C)C)C(OC)C4c3ccc(C(C)(C)C)cc3)C2CC1C(C)(C)C.[CH3-].[CH3-].[CH3-].[CH3-].[Cl][Zr+2][Cl].[Cl][Zr+2][Cl]. The Labute approximate surface area is 757 Å². The summed E-state index contributed by atoms with van der Waals surface area (Å²) in [6, 6.07) is 34.5. The number of ether oxygens (including phenoxy) is 4. The summed E-state index contributed by atoms with van der Waals surface area (Å²) in [4.78, 5) is 0. The van der Waals surface area contributed by atoms with E-state index in [0.29, 0.717) is 71.0 Å². The van der Waals surface area contributed by atoms with Gasteiger partial charge in [0.15, 0.2) is 0 Å². The molecule has 12 rings (SSSR count). The molecule has 0 heterocycles. The molecule has 4 nitrogen and oxygen atoms in total. The van der Waals surface area contributed by atoms with Crippen LogP contribution in [0.5, 0.6) is 0 Å². The summed E-state index contributed by atoms with van der Waals surface area (Å²) in [6.07, 6.45) is 11.8. The van der Waals surface area contributed by atoms with E-state index < -0.39 is 57.8 Å². The number of methoxy groups -OCH3 is 4. The fraction of sp³-hybridized carbons (Fsp3) is 0.731. The third-order valence-electron chi connectivity index (χ3n) is 32.6. The Kier molecular flexibility index (Phi) is 38.1. The molecule has 8 saturated carbocycles. The van der Waals surface area contributed by atoms with Crippen LogP contribution in [0, 0.1) is 174 Å². The first-order valence-electron chi connectivity index (χ1n) is 44.2. The summed E-state index contributed by atoms with van der Waals surface area (Å²) in [5.74, 6) is 12.9. The van der Waals surface area contributed by atoms with Crippen LogP contribution in [0.4, 0.5) is 0 Å². The Hall–Kier alpha value is 0.0800. The quantitative estimate of drug-likeness (QED) is 0.105. The zero-order valence-corrected chi connectivity index (χ0v) is 91.0. The molecular weight excluding hydrogens is 1690 g/mol.